The van der Waals surface area contributed by atoms with Crippen molar-refractivity contribution in [2.24, 2.45) is 0 Å². The van der Waals surface area contributed by atoms with E-state index in [1.165, 1.54) is 11.3 Å². The number of nitrogens with one attached hydrogen (secondary N) is 2. The minimum atomic E-state index is -0.845. The molecule has 0 bridgehead atoms. The number of ether oxygens (including phenoxy) is 1. The SMILES string of the molecule is Cc1nc(-c2ccccc2)sc1C(=O)NNC(=O)C(C)Oc1ccccc1Cl. The Morgan fingerprint density at radius 1 is 1.07 bits per heavy atom. The highest BCUT2D eigenvalue weighted by molar-refractivity contribution is 7.17. The average molecular weight is 416 g/mol. The molecule has 1 unspecified atom stereocenters. The van der Waals surface area contributed by atoms with E-state index in [2.05, 4.69) is 15.8 Å². The first-order valence-electron chi connectivity index (χ1n) is 8.50. The summed E-state index contributed by atoms with van der Waals surface area (Å²) in [5.74, 6) is -0.543. The molecule has 8 heteroatoms. The van der Waals surface area contributed by atoms with Gasteiger partial charge in [0.25, 0.3) is 11.8 Å². The van der Waals surface area contributed by atoms with Gasteiger partial charge in [-0.2, -0.15) is 0 Å². The molecule has 6 nitrogen and oxygen atoms in total. The Bertz CT molecular complexity index is 991. The standard InChI is InChI=1S/C20H18ClN3O3S/c1-12-17(28-20(22-12)14-8-4-3-5-9-14)19(26)24-23-18(25)13(2)27-16-11-7-6-10-15(16)21/h3-11,13H,1-2H3,(H,23,25)(H,24,26). The number of carbonyl (C=O) groups is 2. The van der Waals surface area contributed by atoms with Gasteiger partial charge in [0, 0.05) is 5.56 Å². The molecular formula is C20H18ClN3O3S. The molecule has 0 aliphatic heterocycles. The zero-order valence-electron chi connectivity index (χ0n) is 15.2. The van der Waals surface area contributed by atoms with Crippen molar-refractivity contribution >= 4 is 34.8 Å². The number of hydrogen-bond donors (Lipinski definition) is 2. The van der Waals surface area contributed by atoms with Gasteiger partial charge < -0.3 is 4.74 Å². The van der Waals surface area contributed by atoms with Crippen LogP contribution >= 0.6 is 22.9 Å². The zero-order chi connectivity index (χ0) is 20.1. The molecule has 0 saturated carbocycles. The Kier molecular flexibility index (Phi) is 6.28. The van der Waals surface area contributed by atoms with Gasteiger partial charge >= 0.3 is 0 Å². The smallest absolute Gasteiger partial charge is 0.281 e. The second-order valence-electron chi connectivity index (χ2n) is 5.93. The van der Waals surface area contributed by atoms with Crippen LogP contribution in [0.1, 0.15) is 22.3 Å². The summed E-state index contributed by atoms with van der Waals surface area (Å²) in [6, 6.07) is 16.4. The fraction of sp³-hybridized carbons (Fsp3) is 0.150. The molecule has 2 aromatic carbocycles. The maximum absolute atomic E-state index is 12.4. The minimum absolute atomic E-state index is 0.393. The van der Waals surface area contributed by atoms with Crippen LogP contribution in [0.25, 0.3) is 10.6 Å². The number of para-hydroxylation sites is 1. The molecule has 0 aliphatic rings. The van der Waals surface area contributed by atoms with Gasteiger partial charge in [0.15, 0.2) is 6.10 Å². The zero-order valence-corrected chi connectivity index (χ0v) is 16.8. The lowest BCUT2D eigenvalue weighted by Crippen LogP contribution is -2.47. The third-order valence-electron chi connectivity index (χ3n) is 3.83. The Morgan fingerprint density at radius 2 is 1.75 bits per heavy atom. The third-order valence-corrected chi connectivity index (χ3v) is 5.35. The molecule has 0 fully saturated rings. The maximum atomic E-state index is 12.4. The first kappa shape index (κ1) is 19.9. The lowest BCUT2D eigenvalue weighted by Gasteiger charge is -2.15. The number of rotatable bonds is 5. The van der Waals surface area contributed by atoms with E-state index in [-0.39, 0.29) is 0 Å². The van der Waals surface area contributed by atoms with Gasteiger partial charge in [-0.05, 0) is 26.0 Å². The summed E-state index contributed by atoms with van der Waals surface area (Å²) in [5, 5.41) is 1.14. The lowest BCUT2D eigenvalue weighted by atomic mass is 10.2. The normalized spacial score (nSPS) is 11.5. The molecule has 0 aliphatic carbocycles. The quantitative estimate of drug-likeness (QED) is 0.617. The van der Waals surface area contributed by atoms with Gasteiger partial charge in [-0.3, -0.25) is 20.4 Å². The van der Waals surface area contributed by atoms with Crippen LogP contribution in [0.5, 0.6) is 5.75 Å². The van der Waals surface area contributed by atoms with Crippen molar-refractivity contribution in [3.63, 3.8) is 0 Å². The topological polar surface area (TPSA) is 80.3 Å². The van der Waals surface area contributed by atoms with Crippen LogP contribution in [-0.2, 0) is 4.79 Å². The average Bonchev–Trinajstić information content (AvgIpc) is 3.10. The second kappa shape index (κ2) is 8.86. The predicted molar refractivity (Wildman–Crippen MR) is 109 cm³/mol. The van der Waals surface area contributed by atoms with E-state index in [4.69, 9.17) is 16.3 Å². The molecule has 1 aromatic heterocycles. The number of benzene rings is 2. The number of thiazole rings is 1. The van der Waals surface area contributed by atoms with Gasteiger partial charge in [-0.25, -0.2) is 4.98 Å². The summed E-state index contributed by atoms with van der Waals surface area (Å²) < 4.78 is 5.53. The number of carbonyl (C=O) groups excluding carboxylic acids is 2. The summed E-state index contributed by atoms with van der Waals surface area (Å²) in [6.07, 6.45) is -0.845. The predicted octanol–water partition coefficient (Wildman–Crippen LogP) is 4.00. The number of hydrazine groups is 1. The first-order valence-corrected chi connectivity index (χ1v) is 9.69. The van der Waals surface area contributed by atoms with Crippen molar-refractivity contribution in [1.82, 2.24) is 15.8 Å². The van der Waals surface area contributed by atoms with Crippen LogP contribution in [0, 0.1) is 6.92 Å². The Morgan fingerprint density at radius 3 is 2.46 bits per heavy atom. The van der Waals surface area contributed by atoms with Gasteiger partial charge in [0.2, 0.25) is 0 Å². The van der Waals surface area contributed by atoms with Gasteiger partial charge in [0.1, 0.15) is 15.6 Å². The van der Waals surface area contributed by atoms with Crippen LogP contribution in [0.3, 0.4) is 0 Å². The number of nitrogens with zero attached hydrogens (tertiary/aromatic N) is 1. The second-order valence-corrected chi connectivity index (χ2v) is 7.34. The number of halogens is 1. The maximum Gasteiger partial charge on any atom is 0.281 e. The summed E-state index contributed by atoms with van der Waals surface area (Å²) in [7, 11) is 0. The van der Waals surface area contributed by atoms with Crippen LogP contribution in [0.2, 0.25) is 5.02 Å². The number of hydrogen-bond acceptors (Lipinski definition) is 5. The largest absolute Gasteiger partial charge is 0.479 e. The van der Waals surface area contributed by atoms with Gasteiger partial charge in [-0.15, -0.1) is 11.3 Å². The summed E-state index contributed by atoms with van der Waals surface area (Å²) in [5.41, 5.74) is 6.30. The van der Waals surface area contributed by atoms with Crippen molar-refractivity contribution in [2.45, 2.75) is 20.0 Å². The summed E-state index contributed by atoms with van der Waals surface area (Å²) in [4.78, 5) is 29.5. The van der Waals surface area contributed by atoms with E-state index in [9.17, 15) is 9.59 Å². The summed E-state index contributed by atoms with van der Waals surface area (Å²) in [6.45, 7) is 3.32. The molecule has 3 rings (SSSR count). The van der Waals surface area contributed by atoms with Crippen molar-refractivity contribution in [1.29, 1.82) is 0 Å². The highest BCUT2D eigenvalue weighted by Crippen LogP contribution is 2.27. The third kappa shape index (κ3) is 4.68. The Balaban J connectivity index is 1.60. The van der Waals surface area contributed by atoms with E-state index < -0.39 is 17.9 Å². The molecule has 0 saturated heterocycles. The number of aryl methyl sites for hydroxylation is 1. The van der Waals surface area contributed by atoms with E-state index in [0.29, 0.717) is 21.3 Å². The first-order chi connectivity index (χ1) is 13.5. The van der Waals surface area contributed by atoms with Crippen LogP contribution < -0.4 is 15.6 Å². The Hall–Kier alpha value is -2.90. The highest BCUT2D eigenvalue weighted by Gasteiger charge is 2.20. The number of amides is 2. The fourth-order valence-corrected chi connectivity index (χ4v) is 3.52. The van der Waals surface area contributed by atoms with Crippen LogP contribution in [0.15, 0.2) is 54.6 Å². The van der Waals surface area contributed by atoms with Crippen molar-refractivity contribution < 1.29 is 14.3 Å². The molecule has 2 N–H and O–H groups in total. The molecule has 1 atom stereocenters. The molecule has 28 heavy (non-hydrogen) atoms. The molecule has 3 aromatic rings. The van der Waals surface area contributed by atoms with E-state index in [0.717, 1.165) is 10.6 Å². The van der Waals surface area contributed by atoms with Crippen molar-refractivity contribution in [3.05, 3.63) is 70.2 Å². The molecule has 144 valence electrons. The lowest BCUT2D eigenvalue weighted by molar-refractivity contribution is -0.128. The monoisotopic (exact) mass is 415 g/mol. The molecule has 1 heterocycles. The summed E-state index contributed by atoms with van der Waals surface area (Å²) >= 11 is 7.28. The minimum Gasteiger partial charge on any atom is -0.479 e. The fourth-order valence-electron chi connectivity index (χ4n) is 2.37. The van der Waals surface area contributed by atoms with Crippen LogP contribution in [-0.4, -0.2) is 22.9 Å². The van der Waals surface area contributed by atoms with E-state index in [1.54, 1.807) is 38.1 Å². The van der Waals surface area contributed by atoms with Crippen molar-refractivity contribution in [3.8, 4) is 16.3 Å². The molecular weight excluding hydrogens is 398 g/mol. The Labute approximate surface area is 171 Å². The van der Waals surface area contributed by atoms with Gasteiger partial charge in [-0.1, -0.05) is 54.1 Å². The molecule has 0 radical (unpaired) electrons. The highest BCUT2D eigenvalue weighted by atomic mass is 35.5. The van der Waals surface area contributed by atoms with E-state index in [1.807, 2.05) is 30.3 Å². The van der Waals surface area contributed by atoms with Gasteiger partial charge in [0.05, 0.1) is 10.7 Å². The molecule has 0 spiro atoms. The van der Waals surface area contributed by atoms with Crippen molar-refractivity contribution in [2.75, 3.05) is 0 Å². The number of aromatic nitrogens is 1. The van der Waals surface area contributed by atoms with Crippen LogP contribution in [0.4, 0.5) is 0 Å². The molecule has 2 amide bonds. The van der Waals surface area contributed by atoms with E-state index >= 15 is 0 Å².